The van der Waals surface area contributed by atoms with E-state index in [9.17, 15) is 0 Å². The quantitative estimate of drug-likeness (QED) is 0.0922. The maximum atomic E-state index is 5.14. The fourth-order valence-electron chi connectivity index (χ4n) is 13.2. The zero-order valence-corrected chi connectivity index (χ0v) is 58.6. The molecule has 0 N–H and O–H groups in total. The minimum atomic E-state index is 0.702. The molecule has 0 saturated carbocycles. The van der Waals surface area contributed by atoms with Gasteiger partial charge in [-0.15, -0.1) is 0 Å². The van der Waals surface area contributed by atoms with Crippen molar-refractivity contribution >= 4 is 0 Å². The Morgan fingerprint density at radius 3 is 0.796 bits per heavy atom. The zero-order chi connectivity index (χ0) is 72.2. The molecule has 10 heteroatoms. The lowest BCUT2D eigenvalue weighted by molar-refractivity contribution is 1.18. The van der Waals surface area contributed by atoms with Crippen LogP contribution in [0, 0.1) is 0 Å². The molecule has 0 unspecified atom stereocenters. The van der Waals surface area contributed by atoms with Gasteiger partial charge in [-0.1, -0.05) is 291 Å². The molecule has 0 fully saturated rings. The average molecular weight is 1380 g/mol. The second-order valence-electron chi connectivity index (χ2n) is 26.0. The molecule has 508 valence electrons. The van der Waals surface area contributed by atoms with Gasteiger partial charge in [-0.05, 0) is 141 Å². The molecular formula is C98H66N10. The molecule has 108 heavy (non-hydrogen) atoms. The molecule has 0 bridgehead atoms. The molecule has 0 aliphatic carbocycles. The summed E-state index contributed by atoms with van der Waals surface area (Å²) in [6, 6.07) is 130. The number of rotatable bonds is 16. The van der Waals surface area contributed by atoms with E-state index < -0.39 is 0 Å². The van der Waals surface area contributed by atoms with Crippen LogP contribution in [0.5, 0.6) is 0 Å². The normalized spacial score (nSPS) is 11.0. The van der Waals surface area contributed by atoms with E-state index in [1.165, 1.54) is 0 Å². The van der Waals surface area contributed by atoms with Crippen molar-refractivity contribution in [2.75, 3.05) is 0 Å². The van der Waals surface area contributed by atoms with Crippen LogP contribution in [-0.2, 0) is 0 Å². The highest BCUT2D eigenvalue weighted by molar-refractivity contribution is 5.82. The number of nitrogens with zero attached hydrogens (tertiary/aromatic N) is 10. The Labute approximate surface area is 627 Å². The summed E-state index contributed by atoms with van der Waals surface area (Å²) in [5, 5.41) is 0. The highest BCUT2D eigenvalue weighted by atomic mass is 14.9. The Morgan fingerprint density at radius 1 is 0.120 bits per heavy atom. The van der Waals surface area contributed by atoms with Gasteiger partial charge in [0.15, 0.2) is 11.6 Å². The largest absolute Gasteiger partial charge is 0.255 e. The first kappa shape index (κ1) is 66.5. The molecule has 8 aromatic heterocycles. The van der Waals surface area contributed by atoms with Crippen LogP contribution in [0.15, 0.2) is 401 Å². The van der Waals surface area contributed by atoms with Gasteiger partial charge in [-0.25, -0.2) is 34.9 Å². The summed E-state index contributed by atoms with van der Waals surface area (Å²) in [7, 11) is 0. The summed E-state index contributed by atoms with van der Waals surface area (Å²) in [4.78, 5) is 49.1. The third kappa shape index (κ3) is 15.2. The summed E-state index contributed by atoms with van der Waals surface area (Å²) >= 11 is 0. The van der Waals surface area contributed by atoms with E-state index in [0.29, 0.717) is 11.6 Å². The van der Waals surface area contributed by atoms with Crippen LogP contribution in [0.4, 0.5) is 0 Å². The summed E-state index contributed by atoms with van der Waals surface area (Å²) in [5.41, 5.74) is 29.0. The van der Waals surface area contributed by atoms with Crippen LogP contribution in [-0.4, -0.2) is 49.8 Å². The predicted octanol–water partition coefficient (Wildman–Crippen LogP) is 24.0. The number of aromatic nitrogens is 10. The Morgan fingerprint density at radius 2 is 0.398 bits per heavy atom. The molecule has 0 aliphatic rings. The average Bonchev–Trinajstić information content (AvgIpc) is 0.807. The fourth-order valence-corrected chi connectivity index (χ4v) is 13.2. The lowest BCUT2D eigenvalue weighted by atomic mass is 9.98. The van der Waals surface area contributed by atoms with Crippen molar-refractivity contribution in [2.45, 2.75) is 0 Å². The van der Waals surface area contributed by atoms with Gasteiger partial charge < -0.3 is 0 Å². The molecule has 18 rings (SSSR count). The number of hydrogen-bond donors (Lipinski definition) is 0. The highest BCUT2D eigenvalue weighted by Gasteiger charge is 2.18. The van der Waals surface area contributed by atoms with E-state index in [1.54, 1.807) is 12.4 Å². The standard InChI is InChI=1S/2C49H33N5/c1-4-14-34(15-5-1)41-31-47(43-22-10-11-29-50-43)52-48(32-41)44-24-13-23-42(51-44)40-21-12-20-39(30-40)35-25-27-37(28-26-35)46-33-45(36-16-6-2-7-17-36)53-49(54-46)38-18-8-3-9-19-38;1-4-13-34(14-5-1)42-30-47(43-21-10-11-28-50-43)52-48(31-42)44-27-26-41(33-51-44)40-20-12-19-39(29-40)35-22-24-37(25-23-35)46-32-45(36-15-6-2-7-16-36)53-49(54-46)38-17-8-3-9-18-38/h2*1-33H. The molecule has 0 atom stereocenters. The predicted molar refractivity (Wildman–Crippen MR) is 438 cm³/mol. The van der Waals surface area contributed by atoms with Crippen molar-refractivity contribution < 1.29 is 0 Å². The lowest BCUT2D eigenvalue weighted by Crippen LogP contribution is -1.96. The topological polar surface area (TPSA) is 129 Å². The van der Waals surface area contributed by atoms with Crippen molar-refractivity contribution in [1.29, 1.82) is 0 Å². The number of hydrogen-bond acceptors (Lipinski definition) is 10. The van der Waals surface area contributed by atoms with E-state index in [1.807, 2.05) is 182 Å². The van der Waals surface area contributed by atoms with E-state index >= 15 is 0 Å². The van der Waals surface area contributed by atoms with Gasteiger partial charge in [-0.2, -0.15) is 0 Å². The number of pyridine rings is 6. The van der Waals surface area contributed by atoms with Crippen molar-refractivity contribution in [3.05, 3.63) is 401 Å². The van der Waals surface area contributed by atoms with E-state index in [0.717, 1.165) is 169 Å². The van der Waals surface area contributed by atoms with Crippen LogP contribution in [0.3, 0.4) is 0 Å². The Balaban J connectivity index is 0.000000158. The van der Waals surface area contributed by atoms with Gasteiger partial charge in [0, 0.05) is 63.1 Å². The first-order chi connectivity index (χ1) is 53.5. The Kier molecular flexibility index (Phi) is 19.1. The van der Waals surface area contributed by atoms with Gasteiger partial charge in [0.05, 0.1) is 74.0 Å². The van der Waals surface area contributed by atoms with Gasteiger partial charge in [-0.3, -0.25) is 15.0 Å². The van der Waals surface area contributed by atoms with Crippen molar-refractivity contribution in [3.63, 3.8) is 0 Å². The van der Waals surface area contributed by atoms with Crippen molar-refractivity contribution in [3.8, 4) is 180 Å². The summed E-state index contributed by atoms with van der Waals surface area (Å²) in [5.74, 6) is 1.41. The lowest BCUT2D eigenvalue weighted by Gasteiger charge is -2.11. The molecule has 0 spiro atoms. The minimum Gasteiger partial charge on any atom is -0.255 e. The second kappa shape index (κ2) is 31.1. The van der Waals surface area contributed by atoms with Gasteiger partial charge in [0.25, 0.3) is 0 Å². The van der Waals surface area contributed by atoms with Gasteiger partial charge in [0.2, 0.25) is 0 Å². The Bertz CT molecular complexity index is 5690. The van der Waals surface area contributed by atoms with Crippen molar-refractivity contribution in [1.82, 2.24) is 49.8 Å². The van der Waals surface area contributed by atoms with Crippen LogP contribution in [0.1, 0.15) is 0 Å². The summed E-state index contributed by atoms with van der Waals surface area (Å²) in [6.45, 7) is 0. The van der Waals surface area contributed by atoms with Crippen molar-refractivity contribution in [2.24, 2.45) is 0 Å². The maximum Gasteiger partial charge on any atom is 0.160 e. The molecule has 18 aromatic rings. The molecule has 8 heterocycles. The SMILES string of the molecule is c1ccc(-c2cc(-c3ccccn3)nc(-c3ccc(-c4cccc(-c5ccc(-c6cc(-c7ccccc7)nc(-c7ccccc7)n6)cc5)c4)cn3)c2)cc1.c1ccc(-c2cc(-c3ccccn3)nc(-c3cccc(-c4cccc(-c5ccc(-c6cc(-c7ccccc7)nc(-c7ccccc7)n6)cc5)c4)n3)c2)cc1. The van der Waals surface area contributed by atoms with Crippen LogP contribution < -0.4 is 0 Å². The third-order valence-corrected chi connectivity index (χ3v) is 18.8. The smallest absolute Gasteiger partial charge is 0.160 e. The van der Waals surface area contributed by atoms with E-state index in [4.69, 9.17) is 39.9 Å². The van der Waals surface area contributed by atoms with Gasteiger partial charge >= 0.3 is 0 Å². The number of benzene rings is 10. The van der Waals surface area contributed by atoms with Crippen LogP contribution in [0.25, 0.3) is 180 Å². The minimum absolute atomic E-state index is 0.702. The zero-order valence-electron chi connectivity index (χ0n) is 58.6. The Hall–Kier alpha value is -14.7. The molecule has 0 amide bonds. The second-order valence-corrected chi connectivity index (χ2v) is 26.0. The molecule has 10 nitrogen and oxygen atoms in total. The monoisotopic (exact) mass is 1380 g/mol. The van der Waals surface area contributed by atoms with Gasteiger partial charge in [0.1, 0.15) is 0 Å². The fraction of sp³-hybridized carbons (Fsp3) is 0. The molecule has 0 radical (unpaired) electrons. The van der Waals surface area contributed by atoms with Crippen LogP contribution in [0.2, 0.25) is 0 Å². The first-order valence-electron chi connectivity index (χ1n) is 35.8. The summed E-state index contributed by atoms with van der Waals surface area (Å²) < 4.78 is 0. The van der Waals surface area contributed by atoms with Crippen LogP contribution >= 0.6 is 0 Å². The third-order valence-electron chi connectivity index (χ3n) is 18.8. The first-order valence-corrected chi connectivity index (χ1v) is 35.8. The highest BCUT2D eigenvalue weighted by Crippen LogP contribution is 2.37. The molecule has 0 saturated heterocycles. The molecule has 0 aliphatic heterocycles. The molecule has 10 aromatic carbocycles. The van der Waals surface area contributed by atoms with E-state index in [2.05, 4.69) is 216 Å². The molecular weight excluding hydrogens is 1320 g/mol. The maximum absolute atomic E-state index is 5.14. The summed E-state index contributed by atoms with van der Waals surface area (Å²) in [6.07, 6.45) is 5.52. The van der Waals surface area contributed by atoms with E-state index in [-0.39, 0.29) is 0 Å².